The van der Waals surface area contributed by atoms with Crippen LogP contribution in [0, 0.1) is 11.8 Å². The molecule has 3 nitrogen and oxygen atoms in total. The molecule has 2 aliphatic carbocycles. The molecule has 1 heterocycles. The Morgan fingerprint density at radius 1 is 1.00 bits per heavy atom. The third-order valence-corrected chi connectivity index (χ3v) is 5.62. The monoisotopic (exact) mass is 276 g/mol. The molecule has 3 aliphatic rings. The van der Waals surface area contributed by atoms with Gasteiger partial charge in [-0.2, -0.15) is 0 Å². The highest BCUT2D eigenvalue weighted by molar-refractivity contribution is 5.89. The molecule has 2 fully saturated rings. The fraction of sp³-hybridized carbons (Fsp3) is 0.824. The van der Waals surface area contributed by atoms with E-state index in [0.717, 1.165) is 43.2 Å². The first-order chi connectivity index (χ1) is 9.88. The van der Waals surface area contributed by atoms with Gasteiger partial charge in [0.15, 0.2) is 0 Å². The van der Waals surface area contributed by atoms with Gasteiger partial charge in [-0.3, -0.25) is 4.90 Å². The summed E-state index contributed by atoms with van der Waals surface area (Å²) in [6, 6.07) is 0.382. The fourth-order valence-corrected chi connectivity index (χ4v) is 4.48. The van der Waals surface area contributed by atoms with Gasteiger partial charge >= 0.3 is 0 Å². The number of hydrogen-bond donors (Lipinski definition) is 1. The second kappa shape index (κ2) is 6.75. The first-order valence-corrected chi connectivity index (χ1v) is 8.48. The number of likely N-dealkylation sites (tertiary alicyclic amines) is 1. The van der Waals surface area contributed by atoms with E-state index in [1.165, 1.54) is 45.2 Å². The van der Waals surface area contributed by atoms with Crippen LogP contribution in [0.3, 0.4) is 0 Å². The van der Waals surface area contributed by atoms with Gasteiger partial charge in [0.25, 0.3) is 0 Å². The molecule has 0 bridgehead atoms. The molecule has 1 N–H and O–H groups in total. The summed E-state index contributed by atoms with van der Waals surface area (Å²) in [5, 5.41) is 13.0. The van der Waals surface area contributed by atoms with Crippen LogP contribution in [0.5, 0.6) is 0 Å². The summed E-state index contributed by atoms with van der Waals surface area (Å²) >= 11 is 0. The third kappa shape index (κ3) is 3.08. The summed E-state index contributed by atoms with van der Waals surface area (Å²) in [5.74, 6) is 1.88. The third-order valence-electron chi connectivity index (χ3n) is 5.62. The minimum Gasteiger partial charge on any atom is -0.411 e. The Bertz CT molecular complexity index is 377. The van der Waals surface area contributed by atoms with E-state index in [1.54, 1.807) is 0 Å². The van der Waals surface area contributed by atoms with Crippen LogP contribution in [0.15, 0.2) is 17.3 Å². The number of fused-ring (bicyclic) bond motifs is 1. The normalized spacial score (nSPS) is 38.2. The maximum atomic E-state index is 9.38. The van der Waals surface area contributed by atoms with Gasteiger partial charge < -0.3 is 5.21 Å². The lowest BCUT2D eigenvalue weighted by atomic mass is 9.74. The molecule has 0 aromatic rings. The van der Waals surface area contributed by atoms with Crippen molar-refractivity contribution in [2.75, 3.05) is 13.1 Å². The predicted molar refractivity (Wildman–Crippen MR) is 82.3 cm³/mol. The minimum absolute atomic E-state index is 0.382. The quantitative estimate of drug-likeness (QED) is 0.449. The standard InChI is InChI=1S/C17H28N2O/c20-18-16-9-3-1-2-4-10-17(16)19-12-11-14-7-5-6-8-15(14)13-19/h1-2,14-15,17,20H,3-13H2/b2-1?,18-16-/t14-,15-,17-/m0/s1. The first kappa shape index (κ1) is 14.1. The molecule has 3 atom stereocenters. The highest BCUT2D eigenvalue weighted by Gasteiger charge is 2.35. The molecular weight excluding hydrogens is 248 g/mol. The zero-order chi connectivity index (χ0) is 13.8. The lowest BCUT2D eigenvalue weighted by molar-refractivity contribution is 0.0709. The van der Waals surface area contributed by atoms with Crippen molar-refractivity contribution in [1.29, 1.82) is 0 Å². The molecule has 112 valence electrons. The van der Waals surface area contributed by atoms with Gasteiger partial charge in [-0.25, -0.2) is 0 Å². The molecule has 1 saturated carbocycles. The molecule has 0 spiro atoms. The van der Waals surface area contributed by atoms with Crippen molar-refractivity contribution in [2.45, 2.75) is 63.8 Å². The second-order valence-electron chi connectivity index (χ2n) is 6.78. The van der Waals surface area contributed by atoms with Gasteiger partial charge in [-0.15, -0.1) is 0 Å². The van der Waals surface area contributed by atoms with Crippen LogP contribution in [0.2, 0.25) is 0 Å². The lowest BCUT2D eigenvalue weighted by Gasteiger charge is -2.44. The Morgan fingerprint density at radius 3 is 2.65 bits per heavy atom. The van der Waals surface area contributed by atoms with Crippen molar-refractivity contribution in [3.05, 3.63) is 12.2 Å². The number of oxime groups is 1. The van der Waals surface area contributed by atoms with E-state index in [-0.39, 0.29) is 0 Å². The number of piperidine rings is 1. The summed E-state index contributed by atoms with van der Waals surface area (Å²) < 4.78 is 0. The van der Waals surface area contributed by atoms with E-state index in [4.69, 9.17) is 0 Å². The van der Waals surface area contributed by atoms with Crippen LogP contribution in [-0.2, 0) is 0 Å². The van der Waals surface area contributed by atoms with Crippen LogP contribution in [0.1, 0.15) is 57.8 Å². The smallest absolute Gasteiger partial charge is 0.0745 e. The average molecular weight is 276 g/mol. The molecule has 0 radical (unpaired) electrons. The summed E-state index contributed by atoms with van der Waals surface area (Å²) in [7, 11) is 0. The van der Waals surface area contributed by atoms with Crippen LogP contribution < -0.4 is 0 Å². The van der Waals surface area contributed by atoms with Gasteiger partial charge in [0.05, 0.1) is 11.8 Å². The summed E-state index contributed by atoms with van der Waals surface area (Å²) in [6.07, 6.45) is 15.8. The molecule has 1 aliphatic heterocycles. The Hall–Kier alpha value is -0.830. The van der Waals surface area contributed by atoms with Crippen molar-refractivity contribution < 1.29 is 5.21 Å². The van der Waals surface area contributed by atoms with Crippen molar-refractivity contribution in [3.63, 3.8) is 0 Å². The Kier molecular flexibility index (Phi) is 4.77. The van der Waals surface area contributed by atoms with Gasteiger partial charge in [-0.1, -0.05) is 36.6 Å². The predicted octanol–water partition coefficient (Wildman–Crippen LogP) is 3.83. The van der Waals surface area contributed by atoms with Gasteiger partial charge in [0, 0.05) is 6.54 Å². The number of allylic oxidation sites excluding steroid dienone is 2. The highest BCUT2D eigenvalue weighted by Crippen LogP contribution is 2.37. The Morgan fingerprint density at radius 2 is 1.80 bits per heavy atom. The summed E-state index contributed by atoms with van der Waals surface area (Å²) in [5.41, 5.74) is 1.02. The van der Waals surface area contributed by atoms with E-state index in [2.05, 4.69) is 22.2 Å². The van der Waals surface area contributed by atoms with E-state index >= 15 is 0 Å². The van der Waals surface area contributed by atoms with Crippen LogP contribution >= 0.6 is 0 Å². The molecule has 3 heteroatoms. The molecule has 20 heavy (non-hydrogen) atoms. The fourth-order valence-electron chi connectivity index (χ4n) is 4.48. The lowest BCUT2D eigenvalue weighted by Crippen LogP contribution is -2.49. The molecule has 0 unspecified atom stereocenters. The van der Waals surface area contributed by atoms with Gasteiger partial charge in [-0.05, 0) is 56.9 Å². The summed E-state index contributed by atoms with van der Waals surface area (Å²) in [4.78, 5) is 2.63. The number of hydrogen-bond acceptors (Lipinski definition) is 3. The van der Waals surface area contributed by atoms with Crippen molar-refractivity contribution >= 4 is 5.71 Å². The maximum Gasteiger partial charge on any atom is 0.0745 e. The molecule has 0 amide bonds. The van der Waals surface area contributed by atoms with Gasteiger partial charge in [0.2, 0.25) is 0 Å². The molecular formula is C17H28N2O. The SMILES string of the molecule is O/N=C1/CCC=CCC[C@@H]1N1CC[C@@H]2CCCC[C@H]2C1. The Balaban J connectivity index is 1.68. The van der Waals surface area contributed by atoms with E-state index < -0.39 is 0 Å². The van der Waals surface area contributed by atoms with Gasteiger partial charge in [0.1, 0.15) is 0 Å². The number of rotatable bonds is 1. The molecule has 0 aromatic heterocycles. The van der Waals surface area contributed by atoms with Crippen molar-refractivity contribution in [1.82, 2.24) is 4.90 Å². The second-order valence-corrected chi connectivity index (χ2v) is 6.78. The first-order valence-electron chi connectivity index (χ1n) is 8.48. The molecule has 3 rings (SSSR count). The largest absolute Gasteiger partial charge is 0.411 e. The highest BCUT2D eigenvalue weighted by atomic mass is 16.4. The maximum absolute atomic E-state index is 9.38. The van der Waals surface area contributed by atoms with E-state index in [0.29, 0.717) is 6.04 Å². The van der Waals surface area contributed by atoms with Crippen LogP contribution in [0.25, 0.3) is 0 Å². The van der Waals surface area contributed by atoms with Crippen molar-refractivity contribution in [2.24, 2.45) is 17.0 Å². The Labute approximate surface area is 122 Å². The summed E-state index contributed by atoms with van der Waals surface area (Å²) in [6.45, 7) is 2.44. The van der Waals surface area contributed by atoms with Crippen molar-refractivity contribution in [3.8, 4) is 0 Å². The van der Waals surface area contributed by atoms with Crippen LogP contribution in [0.4, 0.5) is 0 Å². The zero-order valence-electron chi connectivity index (χ0n) is 12.5. The zero-order valence-corrected chi connectivity index (χ0v) is 12.5. The molecule has 1 saturated heterocycles. The van der Waals surface area contributed by atoms with Crippen LogP contribution in [-0.4, -0.2) is 35.0 Å². The van der Waals surface area contributed by atoms with E-state index in [9.17, 15) is 5.21 Å². The molecule has 0 aromatic carbocycles. The topological polar surface area (TPSA) is 35.8 Å². The number of nitrogens with zero attached hydrogens (tertiary/aromatic N) is 2. The average Bonchev–Trinajstić information content (AvgIpc) is 2.47. The minimum atomic E-state index is 0.382. The van der Waals surface area contributed by atoms with E-state index in [1.807, 2.05) is 0 Å².